The minimum Gasteiger partial charge on any atom is -0.345 e. The second-order valence-corrected chi connectivity index (χ2v) is 6.18. The highest BCUT2D eigenvalue weighted by molar-refractivity contribution is 9.10. The van der Waals surface area contributed by atoms with E-state index in [1.165, 1.54) is 4.90 Å². The second-order valence-electron chi connectivity index (χ2n) is 4.45. The largest absolute Gasteiger partial charge is 0.345 e. The summed E-state index contributed by atoms with van der Waals surface area (Å²) in [5, 5.41) is 3.02. The molecule has 2 aromatic carbocycles. The summed E-state index contributed by atoms with van der Waals surface area (Å²) < 4.78 is 0.808. The van der Waals surface area contributed by atoms with Crippen molar-refractivity contribution in [3.63, 3.8) is 0 Å². The summed E-state index contributed by atoms with van der Waals surface area (Å²) in [5.41, 5.74) is 1.75. The molecule has 2 nitrogen and oxygen atoms in total. The van der Waals surface area contributed by atoms with E-state index >= 15 is 0 Å². The van der Waals surface area contributed by atoms with Gasteiger partial charge in [0.15, 0.2) is 0 Å². The van der Waals surface area contributed by atoms with Gasteiger partial charge in [0.1, 0.15) is 0 Å². The first-order chi connectivity index (χ1) is 9.61. The second kappa shape index (κ2) is 6.95. The quantitative estimate of drug-likeness (QED) is 0.813. The van der Waals surface area contributed by atoms with Crippen LogP contribution >= 0.6 is 27.7 Å². The Kier molecular flexibility index (Phi) is 5.26. The Hall–Kier alpha value is -1.26. The Bertz CT molecular complexity index is 598. The highest BCUT2D eigenvalue weighted by Crippen LogP contribution is 2.20. The molecule has 2 rings (SSSR count). The molecule has 1 N–H and O–H groups in total. The number of thioether (sulfide) groups is 1. The van der Waals surface area contributed by atoms with Gasteiger partial charge in [0.05, 0.1) is 11.6 Å². The molecule has 0 unspecified atom stereocenters. The van der Waals surface area contributed by atoms with E-state index in [4.69, 9.17) is 0 Å². The number of nitrogens with one attached hydrogen (secondary N) is 1. The molecule has 4 heteroatoms. The average molecular weight is 350 g/mol. The van der Waals surface area contributed by atoms with Crippen LogP contribution in [0.2, 0.25) is 0 Å². The Morgan fingerprint density at radius 2 is 1.80 bits per heavy atom. The lowest BCUT2D eigenvalue weighted by Crippen LogP contribution is -2.26. The highest BCUT2D eigenvalue weighted by Gasteiger charge is 2.13. The van der Waals surface area contributed by atoms with Crippen molar-refractivity contribution in [3.8, 4) is 0 Å². The molecule has 2 aromatic rings. The van der Waals surface area contributed by atoms with Crippen LogP contribution in [-0.4, -0.2) is 12.2 Å². The number of hydrogen-bond acceptors (Lipinski definition) is 2. The number of benzene rings is 2. The number of hydrogen-bond donors (Lipinski definition) is 1. The van der Waals surface area contributed by atoms with Gasteiger partial charge < -0.3 is 5.32 Å². The maximum Gasteiger partial charge on any atom is 0.252 e. The zero-order valence-corrected chi connectivity index (χ0v) is 13.8. The van der Waals surface area contributed by atoms with Crippen LogP contribution < -0.4 is 5.32 Å². The van der Waals surface area contributed by atoms with E-state index in [2.05, 4.69) is 45.5 Å². The third-order valence-electron chi connectivity index (χ3n) is 3.08. The van der Waals surface area contributed by atoms with Crippen LogP contribution in [0.3, 0.4) is 0 Å². The molecule has 0 fully saturated rings. The number of amides is 1. The van der Waals surface area contributed by atoms with E-state index in [9.17, 15) is 4.79 Å². The van der Waals surface area contributed by atoms with Crippen molar-refractivity contribution in [2.75, 3.05) is 6.26 Å². The maximum atomic E-state index is 12.2. The van der Waals surface area contributed by atoms with Gasteiger partial charge in [-0.1, -0.05) is 24.3 Å². The van der Waals surface area contributed by atoms with Crippen LogP contribution in [-0.2, 0) is 0 Å². The molecule has 1 atom stereocenters. The van der Waals surface area contributed by atoms with Crippen molar-refractivity contribution in [2.45, 2.75) is 17.9 Å². The van der Waals surface area contributed by atoms with Crippen LogP contribution in [0.25, 0.3) is 0 Å². The van der Waals surface area contributed by atoms with E-state index in [0.717, 1.165) is 10.0 Å². The van der Waals surface area contributed by atoms with Gasteiger partial charge in [0, 0.05) is 9.37 Å². The van der Waals surface area contributed by atoms with Crippen molar-refractivity contribution in [1.29, 1.82) is 0 Å². The third kappa shape index (κ3) is 3.64. The molecule has 0 saturated heterocycles. The number of rotatable bonds is 4. The average Bonchev–Trinajstić information content (AvgIpc) is 2.47. The van der Waals surface area contributed by atoms with Gasteiger partial charge in [-0.3, -0.25) is 4.79 Å². The standard InChI is InChI=1S/C16H16BrNOS/c1-11(12-7-9-13(20-2)10-8-12)18-16(19)14-5-3-4-6-15(14)17/h3-11H,1-2H3,(H,18,19)/t11-/m0/s1. The van der Waals surface area contributed by atoms with Gasteiger partial charge >= 0.3 is 0 Å². The molecule has 0 aliphatic carbocycles. The third-order valence-corrected chi connectivity index (χ3v) is 4.52. The summed E-state index contributed by atoms with van der Waals surface area (Å²) in [5.74, 6) is -0.0704. The van der Waals surface area contributed by atoms with Crippen molar-refractivity contribution in [2.24, 2.45) is 0 Å². The van der Waals surface area contributed by atoms with Gasteiger partial charge in [-0.25, -0.2) is 0 Å². The summed E-state index contributed by atoms with van der Waals surface area (Å²) in [4.78, 5) is 13.4. The summed E-state index contributed by atoms with van der Waals surface area (Å²) in [6, 6.07) is 15.7. The lowest BCUT2D eigenvalue weighted by atomic mass is 10.1. The molecular weight excluding hydrogens is 334 g/mol. The first kappa shape index (κ1) is 15.1. The van der Waals surface area contributed by atoms with Crippen LogP contribution in [0.15, 0.2) is 57.9 Å². The van der Waals surface area contributed by atoms with Crippen LogP contribution in [0.1, 0.15) is 28.9 Å². The molecule has 0 saturated carbocycles. The molecule has 0 radical (unpaired) electrons. The van der Waals surface area contributed by atoms with Crippen LogP contribution in [0.4, 0.5) is 0 Å². The zero-order valence-electron chi connectivity index (χ0n) is 11.4. The molecule has 104 valence electrons. The fourth-order valence-electron chi connectivity index (χ4n) is 1.90. The van der Waals surface area contributed by atoms with E-state index < -0.39 is 0 Å². The van der Waals surface area contributed by atoms with E-state index in [0.29, 0.717) is 5.56 Å². The van der Waals surface area contributed by atoms with E-state index in [1.807, 2.05) is 37.4 Å². The number of carbonyl (C=O) groups excluding carboxylic acids is 1. The van der Waals surface area contributed by atoms with Crippen molar-refractivity contribution in [1.82, 2.24) is 5.32 Å². The summed E-state index contributed by atoms with van der Waals surface area (Å²) in [6.45, 7) is 1.99. The van der Waals surface area contributed by atoms with Crippen molar-refractivity contribution >= 4 is 33.6 Å². The molecule has 20 heavy (non-hydrogen) atoms. The smallest absolute Gasteiger partial charge is 0.252 e. The van der Waals surface area contributed by atoms with Gasteiger partial charge in [-0.2, -0.15) is 0 Å². The molecule has 0 spiro atoms. The fourth-order valence-corrected chi connectivity index (χ4v) is 2.77. The van der Waals surface area contributed by atoms with Crippen LogP contribution in [0, 0.1) is 0 Å². The van der Waals surface area contributed by atoms with Gasteiger partial charge in [-0.05, 0) is 58.9 Å². The number of carbonyl (C=O) groups is 1. The molecule has 1 amide bonds. The molecule has 0 bridgehead atoms. The lowest BCUT2D eigenvalue weighted by molar-refractivity contribution is 0.0939. The van der Waals surface area contributed by atoms with Crippen LogP contribution in [0.5, 0.6) is 0 Å². The first-order valence-corrected chi connectivity index (χ1v) is 8.33. The molecular formula is C16H16BrNOS. The Balaban J connectivity index is 2.09. The summed E-state index contributed by atoms with van der Waals surface area (Å²) >= 11 is 5.11. The van der Waals surface area contributed by atoms with Gasteiger partial charge in [0.25, 0.3) is 5.91 Å². The first-order valence-electron chi connectivity index (χ1n) is 6.31. The van der Waals surface area contributed by atoms with E-state index in [-0.39, 0.29) is 11.9 Å². The maximum absolute atomic E-state index is 12.2. The van der Waals surface area contributed by atoms with Gasteiger partial charge in [-0.15, -0.1) is 11.8 Å². The monoisotopic (exact) mass is 349 g/mol. The summed E-state index contributed by atoms with van der Waals surface area (Å²) in [6.07, 6.45) is 2.05. The SMILES string of the molecule is CSc1ccc([C@H](C)NC(=O)c2ccccc2Br)cc1. The van der Waals surface area contributed by atoms with Crippen molar-refractivity contribution < 1.29 is 4.79 Å². The lowest BCUT2D eigenvalue weighted by Gasteiger charge is -2.15. The molecule has 0 aliphatic rings. The zero-order chi connectivity index (χ0) is 14.5. The molecule has 0 heterocycles. The Labute approximate surface area is 132 Å². The predicted octanol–water partition coefficient (Wildman–Crippen LogP) is 4.66. The van der Waals surface area contributed by atoms with Gasteiger partial charge in [0.2, 0.25) is 0 Å². The summed E-state index contributed by atoms with van der Waals surface area (Å²) in [7, 11) is 0. The minimum atomic E-state index is -0.0704. The molecule has 0 aliphatic heterocycles. The fraction of sp³-hybridized carbons (Fsp3) is 0.188. The normalized spacial score (nSPS) is 11.9. The number of halogens is 1. The minimum absolute atomic E-state index is 0.0227. The highest BCUT2D eigenvalue weighted by atomic mass is 79.9. The van der Waals surface area contributed by atoms with Crippen molar-refractivity contribution in [3.05, 3.63) is 64.1 Å². The van der Waals surface area contributed by atoms with E-state index in [1.54, 1.807) is 11.8 Å². The Morgan fingerprint density at radius 3 is 2.40 bits per heavy atom. The Morgan fingerprint density at radius 1 is 1.15 bits per heavy atom. The topological polar surface area (TPSA) is 29.1 Å². The molecule has 0 aromatic heterocycles. The predicted molar refractivity (Wildman–Crippen MR) is 88.2 cm³/mol.